The third-order valence-electron chi connectivity index (χ3n) is 4.37. The number of aromatic carboxylic acids is 1. The SMILES string of the molecule is Cc1cc2c(cc1-c1c(C(=O)O)sc3cc(F)ccc13)OCCC2. The molecule has 5 heteroatoms. The average molecular weight is 342 g/mol. The maximum absolute atomic E-state index is 13.5. The molecule has 0 atom stereocenters. The Bertz CT molecular complexity index is 974. The van der Waals surface area contributed by atoms with E-state index in [-0.39, 0.29) is 10.7 Å². The second kappa shape index (κ2) is 5.60. The van der Waals surface area contributed by atoms with Gasteiger partial charge in [-0.1, -0.05) is 6.07 Å². The van der Waals surface area contributed by atoms with Gasteiger partial charge in [0.15, 0.2) is 0 Å². The van der Waals surface area contributed by atoms with E-state index in [4.69, 9.17) is 4.74 Å². The molecule has 24 heavy (non-hydrogen) atoms. The van der Waals surface area contributed by atoms with Crippen LogP contribution in [0, 0.1) is 12.7 Å². The van der Waals surface area contributed by atoms with Gasteiger partial charge in [-0.25, -0.2) is 9.18 Å². The van der Waals surface area contributed by atoms with Gasteiger partial charge in [0.25, 0.3) is 0 Å². The fraction of sp³-hybridized carbons (Fsp3) is 0.211. The number of ether oxygens (including phenoxy) is 1. The fourth-order valence-corrected chi connectivity index (χ4v) is 4.36. The molecule has 4 rings (SSSR count). The Morgan fingerprint density at radius 1 is 1.29 bits per heavy atom. The van der Waals surface area contributed by atoms with Gasteiger partial charge in [-0.3, -0.25) is 0 Å². The highest BCUT2D eigenvalue weighted by atomic mass is 32.1. The number of carboxylic acid groups (broad SMARTS) is 1. The van der Waals surface area contributed by atoms with Crippen molar-refractivity contribution in [2.24, 2.45) is 0 Å². The third kappa shape index (κ3) is 2.36. The van der Waals surface area contributed by atoms with Crippen molar-refractivity contribution in [2.75, 3.05) is 6.61 Å². The molecule has 2 aromatic carbocycles. The summed E-state index contributed by atoms with van der Waals surface area (Å²) in [6, 6.07) is 8.42. The highest BCUT2D eigenvalue weighted by Crippen LogP contribution is 2.42. The molecule has 0 saturated heterocycles. The number of benzene rings is 2. The molecule has 122 valence electrons. The van der Waals surface area contributed by atoms with Crippen molar-refractivity contribution in [3.05, 3.63) is 52.2 Å². The number of carboxylic acids is 1. The first-order valence-electron chi connectivity index (χ1n) is 7.76. The van der Waals surface area contributed by atoms with E-state index >= 15 is 0 Å². The van der Waals surface area contributed by atoms with Gasteiger partial charge in [0.2, 0.25) is 0 Å². The van der Waals surface area contributed by atoms with Crippen molar-refractivity contribution < 1.29 is 19.0 Å². The zero-order valence-corrected chi connectivity index (χ0v) is 13.9. The predicted molar refractivity (Wildman–Crippen MR) is 92.7 cm³/mol. The Balaban J connectivity index is 2.02. The quantitative estimate of drug-likeness (QED) is 0.710. The van der Waals surface area contributed by atoms with Crippen LogP contribution in [0.2, 0.25) is 0 Å². The minimum Gasteiger partial charge on any atom is -0.493 e. The van der Waals surface area contributed by atoms with Crippen LogP contribution in [0.3, 0.4) is 0 Å². The number of hydrogen-bond donors (Lipinski definition) is 1. The molecular formula is C19H15FO3S. The number of fused-ring (bicyclic) bond motifs is 2. The number of halogens is 1. The van der Waals surface area contributed by atoms with E-state index in [9.17, 15) is 14.3 Å². The van der Waals surface area contributed by atoms with Crippen LogP contribution in [0.25, 0.3) is 21.2 Å². The Morgan fingerprint density at radius 3 is 2.92 bits per heavy atom. The van der Waals surface area contributed by atoms with Crippen LogP contribution in [0.4, 0.5) is 4.39 Å². The number of aryl methyl sites for hydroxylation is 2. The molecule has 1 aliphatic heterocycles. The first-order chi connectivity index (χ1) is 11.5. The van der Waals surface area contributed by atoms with Crippen LogP contribution < -0.4 is 4.74 Å². The summed E-state index contributed by atoms with van der Waals surface area (Å²) >= 11 is 1.11. The maximum atomic E-state index is 13.5. The van der Waals surface area contributed by atoms with E-state index < -0.39 is 5.97 Å². The fourth-order valence-electron chi connectivity index (χ4n) is 3.28. The summed E-state index contributed by atoms with van der Waals surface area (Å²) in [4.78, 5) is 12.0. The lowest BCUT2D eigenvalue weighted by Gasteiger charge is -2.20. The van der Waals surface area contributed by atoms with Gasteiger partial charge in [0.1, 0.15) is 16.4 Å². The van der Waals surface area contributed by atoms with E-state index in [0.29, 0.717) is 16.9 Å². The van der Waals surface area contributed by atoms with Gasteiger partial charge in [-0.15, -0.1) is 11.3 Å². The first kappa shape index (κ1) is 15.1. The van der Waals surface area contributed by atoms with Crippen molar-refractivity contribution in [2.45, 2.75) is 19.8 Å². The molecule has 0 unspecified atom stereocenters. The molecule has 2 heterocycles. The van der Waals surface area contributed by atoms with E-state index in [2.05, 4.69) is 6.07 Å². The summed E-state index contributed by atoms with van der Waals surface area (Å²) < 4.78 is 19.9. The Labute approximate surface area is 142 Å². The lowest BCUT2D eigenvalue weighted by molar-refractivity contribution is 0.0703. The minimum absolute atomic E-state index is 0.231. The molecular weight excluding hydrogens is 327 g/mol. The molecule has 0 bridgehead atoms. The standard InChI is InChI=1S/C19H15FO3S/c1-10-7-11-3-2-6-23-15(11)9-14(10)17-13-5-4-12(20)8-16(13)24-18(17)19(21)22/h4-5,7-9H,2-3,6H2,1H3,(H,21,22). The minimum atomic E-state index is -0.996. The molecule has 0 amide bonds. The Morgan fingerprint density at radius 2 is 2.12 bits per heavy atom. The summed E-state index contributed by atoms with van der Waals surface area (Å²) in [5.41, 5.74) is 3.65. The van der Waals surface area contributed by atoms with Gasteiger partial charge in [0, 0.05) is 15.6 Å². The lowest BCUT2D eigenvalue weighted by atomic mass is 9.93. The van der Waals surface area contributed by atoms with Crippen molar-refractivity contribution in [3.63, 3.8) is 0 Å². The second-order valence-electron chi connectivity index (χ2n) is 5.98. The normalized spacial score (nSPS) is 13.6. The van der Waals surface area contributed by atoms with Crippen molar-refractivity contribution in [3.8, 4) is 16.9 Å². The highest BCUT2D eigenvalue weighted by Gasteiger charge is 2.23. The largest absolute Gasteiger partial charge is 0.493 e. The van der Waals surface area contributed by atoms with Crippen LogP contribution in [-0.2, 0) is 6.42 Å². The lowest BCUT2D eigenvalue weighted by Crippen LogP contribution is -2.09. The van der Waals surface area contributed by atoms with Crippen molar-refractivity contribution >= 4 is 27.4 Å². The van der Waals surface area contributed by atoms with Crippen molar-refractivity contribution in [1.29, 1.82) is 0 Å². The summed E-state index contributed by atoms with van der Waals surface area (Å²) in [6.45, 7) is 2.65. The van der Waals surface area contributed by atoms with Crippen LogP contribution in [0.15, 0.2) is 30.3 Å². The smallest absolute Gasteiger partial charge is 0.346 e. The third-order valence-corrected chi connectivity index (χ3v) is 5.51. The van der Waals surface area contributed by atoms with Crippen LogP contribution in [-0.4, -0.2) is 17.7 Å². The van der Waals surface area contributed by atoms with Gasteiger partial charge in [-0.2, -0.15) is 0 Å². The first-order valence-corrected chi connectivity index (χ1v) is 8.58. The zero-order chi connectivity index (χ0) is 16.8. The summed E-state index contributed by atoms with van der Waals surface area (Å²) in [7, 11) is 0. The Hall–Kier alpha value is -2.40. The molecule has 1 aliphatic rings. The van der Waals surface area contributed by atoms with Gasteiger partial charge in [0.05, 0.1) is 6.61 Å². The van der Waals surface area contributed by atoms with Crippen LogP contribution >= 0.6 is 11.3 Å². The van der Waals surface area contributed by atoms with Crippen LogP contribution in [0.5, 0.6) is 5.75 Å². The topological polar surface area (TPSA) is 46.5 Å². The van der Waals surface area contributed by atoms with Crippen LogP contribution in [0.1, 0.15) is 27.2 Å². The molecule has 3 aromatic rings. The van der Waals surface area contributed by atoms with E-state index in [1.807, 2.05) is 13.0 Å². The van der Waals surface area contributed by atoms with E-state index in [1.54, 1.807) is 6.07 Å². The predicted octanol–water partition coefficient (Wildman–Crippen LogP) is 5.04. The molecule has 0 spiro atoms. The maximum Gasteiger partial charge on any atom is 0.346 e. The van der Waals surface area contributed by atoms with Gasteiger partial charge >= 0.3 is 5.97 Å². The van der Waals surface area contributed by atoms with Gasteiger partial charge in [-0.05, 0) is 60.7 Å². The number of rotatable bonds is 2. The number of carbonyl (C=O) groups is 1. The Kier molecular flexibility index (Phi) is 3.53. The monoisotopic (exact) mass is 342 g/mol. The van der Waals surface area contributed by atoms with E-state index in [0.717, 1.165) is 52.0 Å². The number of thiophene rings is 1. The van der Waals surface area contributed by atoms with Gasteiger partial charge < -0.3 is 9.84 Å². The summed E-state index contributed by atoms with van der Waals surface area (Å²) in [6.07, 6.45) is 1.96. The molecule has 0 fully saturated rings. The molecule has 3 nitrogen and oxygen atoms in total. The van der Waals surface area contributed by atoms with Crippen molar-refractivity contribution in [1.82, 2.24) is 0 Å². The average Bonchev–Trinajstić information content (AvgIpc) is 2.92. The highest BCUT2D eigenvalue weighted by molar-refractivity contribution is 7.21. The molecule has 0 saturated carbocycles. The second-order valence-corrected chi connectivity index (χ2v) is 7.03. The summed E-state index contributed by atoms with van der Waals surface area (Å²) in [5, 5.41) is 10.4. The molecule has 1 N–H and O–H groups in total. The summed E-state index contributed by atoms with van der Waals surface area (Å²) in [5.74, 6) is -0.540. The van der Waals surface area contributed by atoms with E-state index in [1.165, 1.54) is 12.1 Å². The number of hydrogen-bond acceptors (Lipinski definition) is 3. The molecule has 0 radical (unpaired) electrons. The molecule has 0 aliphatic carbocycles. The molecule has 1 aromatic heterocycles. The zero-order valence-electron chi connectivity index (χ0n) is 13.1.